The van der Waals surface area contributed by atoms with Crippen LogP contribution in [0.15, 0.2) is 28.8 Å². The highest BCUT2D eigenvalue weighted by Crippen LogP contribution is 2.26. The third-order valence-corrected chi connectivity index (χ3v) is 3.15. The van der Waals surface area contributed by atoms with Gasteiger partial charge in [0.05, 0.1) is 13.2 Å². The summed E-state index contributed by atoms with van der Waals surface area (Å²) >= 11 is 0. The third kappa shape index (κ3) is 2.61. The Balaban J connectivity index is 1.77. The molecule has 1 atom stereocenters. The lowest BCUT2D eigenvalue weighted by atomic mass is 10.1. The van der Waals surface area contributed by atoms with Crippen LogP contribution in [-0.4, -0.2) is 30.0 Å². The second-order valence-electron chi connectivity index (χ2n) is 4.48. The summed E-state index contributed by atoms with van der Waals surface area (Å²) < 4.78 is 16.0. The molecule has 0 amide bonds. The third-order valence-electron chi connectivity index (χ3n) is 3.15. The number of ether oxygens (including phenoxy) is 2. The van der Waals surface area contributed by atoms with Gasteiger partial charge < -0.3 is 14.0 Å². The van der Waals surface area contributed by atoms with Gasteiger partial charge >= 0.3 is 0 Å². The minimum Gasteiger partial charge on any atom is -0.494 e. The first kappa shape index (κ1) is 12.2. The second-order valence-corrected chi connectivity index (χ2v) is 4.48. The van der Waals surface area contributed by atoms with Crippen LogP contribution in [0, 0.1) is 0 Å². The Kier molecular flexibility index (Phi) is 3.46. The molecule has 0 bridgehead atoms. The van der Waals surface area contributed by atoms with E-state index in [1.54, 1.807) is 0 Å². The predicted octanol–water partition coefficient (Wildman–Crippen LogP) is 2.64. The Morgan fingerprint density at radius 3 is 2.84 bits per heavy atom. The molecular formula is C14H16N2O3. The lowest BCUT2D eigenvalue weighted by Gasteiger charge is -2.02. The molecule has 0 N–H and O–H groups in total. The van der Waals surface area contributed by atoms with Crippen molar-refractivity contribution in [3.8, 4) is 17.2 Å². The van der Waals surface area contributed by atoms with Gasteiger partial charge in [-0.1, -0.05) is 5.16 Å². The van der Waals surface area contributed by atoms with Crippen molar-refractivity contribution in [1.82, 2.24) is 10.1 Å². The van der Waals surface area contributed by atoms with E-state index in [9.17, 15) is 0 Å². The standard InChI is InChI=1S/C14H16N2O3/c1-2-18-12-5-3-10(4-6-12)14-15-13(16-19-14)11-7-8-17-9-11/h3-6,11H,2,7-9H2,1H3. The minimum absolute atomic E-state index is 0.264. The van der Waals surface area contributed by atoms with Gasteiger partial charge in [0.2, 0.25) is 0 Å². The van der Waals surface area contributed by atoms with Crippen molar-refractivity contribution in [2.75, 3.05) is 19.8 Å². The number of hydrogen-bond acceptors (Lipinski definition) is 5. The van der Waals surface area contributed by atoms with Crippen LogP contribution in [0.1, 0.15) is 25.1 Å². The molecule has 1 aromatic carbocycles. The molecule has 1 saturated heterocycles. The molecule has 1 unspecified atom stereocenters. The van der Waals surface area contributed by atoms with E-state index in [0.717, 1.165) is 30.2 Å². The van der Waals surface area contributed by atoms with E-state index in [0.29, 0.717) is 19.1 Å². The van der Waals surface area contributed by atoms with E-state index in [1.807, 2.05) is 31.2 Å². The van der Waals surface area contributed by atoms with E-state index < -0.39 is 0 Å². The van der Waals surface area contributed by atoms with Crippen molar-refractivity contribution in [3.63, 3.8) is 0 Å². The smallest absolute Gasteiger partial charge is 0.257 e. The first-order chi connectivity index (χ1) is 9.36. The average molecular weight is 260 g/mol. The summed E-state index contributed by atoms with van der Waals surface area (Å²) in [6.45, 7) is 4.08. The fourth-order valence-corrected chi connectivity index (χ4v) is 2.12. The van der Waals surface area contributed by atoms with Crippen LogP contribution in [0.25, 0.3) is 11.5 Å². The van der Waals surface area contributed by atoms with E-state index >= 15 is 0 Å². The summed E-state index contributed by atoms with van der Waals surface area (Å²) in [7, 11) is 0. The van der Waals surface area contributed by atoms with Gasteiger partial charge in [0.25, 0.3) is 5.89 Å². The fourth-order valence-electron chi connectivity index (χ4n) is 2.12. The molecule has 1 aliphatic rings. The molecule has 5 heteroatoms. The average Bonchev–Trinajstić information content (AvgIpc) is 3.11. The van der Waals surface area contributed by atoms with Crippen molar-refractivity contribution in [2.45, 2.75) is 19.3 Å². The minimum atomic E-state index is 0.264. The lowest BCUT2D eigenvalue weighted by Crippen LogP contribution is -1.99. The summed E-state index contributed by atoms with van der Waals surface area (Å²) in [5.74, 6) is 2.39. The van der Waals surface area contributed by atoms with E-state index in [-0.39, 0.29) is 5.92 Å². The Bertz CT molecular complexity index is 530. The van der Waals surface area contributed by atoms with Gasteiger partial charge in [-0.3, -0.25) is 0 Å². The van der Waals surface area contributed by atoms with Crippen molar-refractivity contribution < 1.29 is 14.0 Å². The maximum absolute atomic E-state index is 5.40. The maximum atomic E-state index is 5.40. The summed E-state index contributed by atoms with van der Waals surface area (Å²) in [5, 5.41) is 4.04. The monoisotopic (exact) mass is 260 g/mol. The summed E-state index contributed by atoms with van der Waals surface area (Å²) in [6.07, 6.45) is 0.961. The molecule has 19 heavy (non-hydrogen) atoms. The summed E-state index contributed by atoms with van der Waals surface area (Å²) in [6, 6.07) is 7.66. The molecule has 0 saturated carbocycles. The van der Waals surface area contributed by atoms with E-state index in [1.165, 1.54) is 0 Å². The zero-order valence-electron chi connectivity index (χ0n) is 10.8. The maximum Gasteiger partial charge on any atom is 0.257 e. The van der Waals surface area contributed by atoms with Crippen LogP contribution < -0.4 is 4.74 Å². The fraction of sp³-hybridized carbons (Fsp3) is 0.429. The van der Waals surface area contributed by atoms with Gasteiger partial charge in [-0.2, -0.15) is 4.98 Å². The van der Waals surface area contributed by atoms with Crippen LogP contribution in [0.3, 0.4) is 0 Å². The number of hydrogen-bond donors (Lipinski definition) is 0. The highest BCUT2D eigenvalue weighted by Gasteiger charge is 2.23. The summed E-state index contributed by atoms with van der Waals surface area (Å²) in [4.78, 5) is 4.44. The Labute approximate surface area is 111 Å². The van der Waals surface area contributed by atoms with Crippen LogP contribution in [0.4, 0.5) is 0 Å². The molecule has 5 nitrogen and oxygen atoms in total. The van der Waals surface area contributed by atoms with Gasteiger partial charge in [0.1, 0.15) is 5.75 Å². The summed E-state index contributed by atoms with van der Waals surface area (Å²) in [5.41, 5.74) is 0.904. The molecule has 100 valence electrons. The molecule has 1 aliphatic heterocycles. The number of benzene rings is 1. The van der Waals surface area contributed by atoms with Crippen molar-refractivity contribution >= 4 is 0 Å². The SMILES string of the molecule is CCOc1ccc(-c2nc(C3CCOC3)no2)cc1. The molecule has 0 aliphatic carbocycles. The molecule has 0 spiro atoms. The van der Waals surface area contributed by atoms with E-state index in [4.69, 9.17) is 14.0 Å². The van der Waals surface area contributed by atoms with Crippen LogP contribution >= 0.6 is 0 Å². The molecule has 1 fully saturated rings. The normalized spacial score (nSPS) is 18.7. The molecule has 0 radical (unpaired) electrons. The van der Waals surface area contributed by atoms with Crippen molar-refractivity contribution in [2.24, 2.45) is 0 Å². The highest BCUT2D eigenvalue weighted by molar-refractivity contribution is 5.54. The van der Waals surface area contributed by atoms with Gasteiger partial charge in [-0.15, -0.1) is 0 Å². The first-order valence-electron chi connectivity index (χ1n) is 6.51. The first-order valence-corrected chi connectivity index (χ1v) is 6.51. The number of nitrogens with zero attached hydrogens (tertiary/aromatic N) is 2. The Hall–Kier alpha value is -1.88. The molecular weight excluding hydrogens is 244 g/mol. The van der Waals surface area contributed by atoms with Gasteiger partial charge in [0, 0.05) is 18.1 Å². The number of rotatable bonds is 4. The largest absolute Gasteiger partial charge is 0.494 e. The molecule has 2 heterocycles. The zero-order valence-corrected chi connectivity index (χ0v) is 10.8. The quantitative estimate of drug-likeness (QED) is 0.845. The van der Waals surface area contributed by atoms with Crippen molar-refractivity contribution in [3.05, 3.63) is 30.1 Å². The van der Waals surface area contributed by atoms with Gasteiger partial charge in [-0.05, 0) is 37.6 Å². The number of aromatic nitrogens is 2. The predicted molar refractivity (Wildman–Crippen MR) is 69.1 cm³/mol. The van der Waals surface area contributed by atoms with Crippen molar-refractivity contribution in [1.29, 1.82) is 0 Å². The topological polar surface area (TPSA) is 57.4 Å². The second kappa shape index (κ2) is 5.40. The van der Waals surface area contributed by atoms with E-state index in [2.05, 4.69) is 10.1 Å². The molecule has 1 aromatic heterocycles. The zero-order chi connectivity index (χ0) is 13.1. The highest BCUT2D eigenvalue weighted by atomic mass is 16.5. The lowest BCUT2D eigenvalue weighted by molar-refractivity contribution is 0.192. The molecule has 2 aromatic rings. The van der Waals surface area contributed by atoms with Crippen LogP contribution in [-0.2, 0) is 4.74 Å². The van der Waals surface area contributed by atoms with Gasteiger partial charge in [-0.25, -0.2) is 0 Å². The van der Waals surface area contributed by atoms with Gasteiger partial charge in [0.15, 0.2) is 5.82 Å². The molecule has 3 rings (SSSR count). The Morgan fingerprint density at radius 2 is 2.16 bits per heavy atom. The van der Waals surface area contributed by atoms with Crippen LogP contribution in [0.5, 0.6) is 5.75 Å². The Morgan fingerprint density at radius 1 is 1.32 bits per heavy atom. The van der Waals surface area contributed by atoms with Crippen LogP contribution in [0.2, 0.25) is 0 Å².